The molecule has 2 aromatic rings. The van der Waals surface area contributed by atoms with E-state index < -0.39 is 0 Å². The largest absolute Gasteiger partial charge is 0.399 e. The molecule has 0 bridgehead atoms. The van der Waals surface area contributed by atoms with Gasteiger partial charge in [0.1, 0.15) is 0 Å². The third kappa shape index (κ3) is 3.89. The van der Waals surface area contributed by atoms with Crippen molar-refractivity contribution in [1.82, 2.24) is 10.3 Å². The monoisotopic (exact) mass is 227 g/mol. The zero-order chi connectivity index (χ0) is 11.9. The summed E-state index contributed by atoms with van der Waals surface area (Å²) in [4.78, 5) is 4.00. The number of nitrogens with one attached hydrogen (secondary N) is 1. The van der Waals surface area contributed by atoms with Gasteiger partial charge < -0.3 is 11.1 Å². The molecule has 0 saturated heterocycles. The van der Waals surface area contributed by atoms with Gasteiger partial charge in [-0.05, 0) is 48.4 Å². The van der Waals surface area contributed by atoms with Crippen molar-refractivity contribution in [3.63, 3.8) is 0 Å². The normalized spacial score (nSPS) is 10.4. The molecule has 0 unspecified atom stereocenters. The Labute approximate surface area is 102 Å². The molecule has 0 atom stereocenters. The van der Waals surface area contributed by atoms with Crippen LogP contribution >= 0.6 is 0 Å². The molecule has 0 aliphatic carbocycles. The second-order valence-electron chi connectivity index (χ2n) is 4.03. The van der Waals surface area contributed by atoms with Crippen molar-refractivity contribution in [2.75, 3.05) is 12.3 Å². The van der Waals surface area contributed by atoms with Crippen molar-refractivity contribution in [3.8, 4) is 0 Å². The molecule has 0 amide bonds. The first-order valence-corrected chi connectivity index (χ1v) is 5.78. The van der Waals surface area contributed by atoms with Gasteiger partial charge in [0.2, 0.25) is 0 Å². The van der Waals surface area contributed by atoms with Crippen molar-refractivity contribution in [3.05, 3.63) is 59.9 Å². The topological polar surface area (TPSA) is 50.9 Å². The first kappa shape index (κ1) is 11.6. The molecular formula is C14H17N3. The molecule has 3 heteroatoms. The number of nitrogens with two attached hydrogens (primary N) is 1. The third-order valence-corrected chi connectivity index (χ3v) is 2.62. The van der Waals surface area contributed by atoms with Crippen molar-refractivity contribution < 1.29 is 0 Å². The van der Waals surface area contributed by atoms with E-state index in [1.165, 1.54) is 11.1 Å². The van der Waals surface area contributed by atoms with E-state index in [1.54, 1.807) is 0 Å². The van der Waals surface area contributed by atoms with Crippen LogP contribution in [0.25, 0.3) is 0 Å². The highest BCUT2D eigenvalue weighted by molar-refractivity contribution is 5.40. The van der Waals surface area contributed by atoms with Crippen LogP contribution in [-0.4, -0.2) is 11.5 Å². The van der Waals surface area contributed by atoms with Crippen LogP contribution < -0.4 is 11.1 Å². The van der Waals surface area contributed by atoms with Crippen molar-refractivity contribution in [2.45, 2.75) is 13.0 Å². The number of pyridine rings is 1. The molecule has 2 rings (SSSR count). The minimum Gasteiger partial charge on any atom is -0.399 e. The Hall–Kier alpha value is -1.87. The highest BCUT2D eigenvalue weighted by Gasteiger charge is 1.94. The molecule has 1 aromatic carbocycles. The molecule has 0 radical (unpaired) electrons. The van der Waals surface area contributed by atoms with E-state index in [2.05, 4.69) is 16.4 Å². The van der Waals surface area contributed by atoms with Gasteiger partial charge in [-0.15, -0.1) is 0 Å². The van der Waals surface area contributed by atoms with Crippen LogP contribution in [0.2, 0.25) is 0 Å². The van der Waals surface area contributed by atoms with E-state index in [0.29, 0.717) is 0 Å². The molecule has 0 saturated carbocycles. The maximum atomic E-state index is 5.72. The van der Waals surface area contributed by atoms with Gasteiger partial charge in [0, 0.05) is 24.6 Å². The van der Waals surface area contributed by atoms with Gasteiger partial charge in [-0.2, -0.15) is 0 Å². The molecule has 0 aliphatic rings. The standard InChI is InChI=1S/C14H17N3/c15-14-3-1-2-13(10-14)11-17-9-6-12-4-7-16-8-5-12/h1-5,7-8,10,17H,6,9,11,15H2. The molecule has 1 aromatic heterocycles. The Morgan fingerprint density at radius 1 is 1.06 bits per heavy atom. The number of anilines is 1. The van der Waals surface area contributed by atoms with Crippen LogP contribution in [0.3, 0.4) is 0 Å². The number of hydrogen-bond acceptors (Lipinski definition) is 3. The highest BCUT2D eigenvalue weighted by Crippen LogP contribution is 2.05. The number of benzene rings is 1. The molecular weight excluding hydrogens is 210 g/mol. The maximum absolute atomic E-state index is 5.72. The first-order valence-electron chi connectivity index (χ1n) is 5.78. The van der Waals surface area contributed by atoms with Gasteiger partial charge >= 0.3 is 0 Å². The van der Waals surface area contributed by atoms with Crippen LogP contribution in [0.5, 0.6) is 0 Å². The quantitative estimate of drug-likeness (QED) is 0.606. The average Bonchev–Trinajstić information content (AvgIpc) is 2.36. The van der Waals surface area contributed by atoms with E-state index >= 15 is 0 Å². The molecule has 88 valence electrons. The van der Waals surface area contributed by atoms with Gasteiger partial charge in [-0.1, -0.05) is 12.1 Å². The minimum absolute atomic E-state index is 0.818. The Kier molecular flexibility index (Phi) is 4.11. The summed E-state index contributed by atoms with van der Waals surface area (Å²) in [6.45, 7) is 1.81. The van der Waals surface area contributed by atoms with Gasteiger partial charge in [0.05, 0.1) is 0 Å². The lowest BCUT2D eigenvalue weighted by molar-refractivity contribution is 0.687. The number of hydrogen-bond donors (Lipinski definition) is 2. The third-order valence-electron chi connectivity index (χ3n) is 2.62. The van der Waals surface area contributed by atoms with Crippen molar-refractivity contribution in [2.24, 2.45) is 0 Å². The molecule has 3 N–H and O–H groups in total. The van der Waals surface area contributed by atoms with Crippen LogP contribution in [0.1, 0.15) is 11.1 Å². The second-order valence-corrected chi connectivity index (χ2v) is 4.03. The summed E-state index contributed by atoms with van der Waals surface area (Å²) in [5, 5.41) is 3.40. The van der Waals surface area contributed by atoms with E-state index in [4.69, 9.17) is 5.73 Å². The number of rotatable bonds is 5. The summed E-state index contributed by atoms with van der Waals surface area (Å²) in [6, 6.07) is 12.1. The summed E-state index contributed by atoms with van der Waals surface area (Å²) in [5.74, 6) is 0. The fourth-order valence-electron chi connectivity index (χ4n) is 1.72. The summed E-state index contributed by atoms with van der Waals surface area (Å²) >= 11 is 0. The Bertz CT molecular complexity index is 454. The summed E-state index contributed by atoms with van der Waals surface area (Å²) < 4.78 is 0. The summed E-state index contributed by atoms with van der Waals surface area (Å²) in [7, 11) is 0. The predicted octanol–water partition coefficient (Wildman–Crippen LogP) is 2.00. The highest BCUT2D eigenvalue weighted by atomic mass is 14.8. The minimum atomic E-state index is 0.818. The molecule has 0 spiro atoms. The lowest BCUT2D eigenvalue weighted by Crippen LogP contribution is -2.16. The van der Waals surface area contributed by atoms with Gasteiger partial charge in [-0.25, -0.2) is 0 Å². The Morgan fingerprint density at radius 3 is 2.65 bits per heavy atom. The second kappa shape index (κ2) is 6.01. The zero-order valence-electron chi connectivity index (χ0n) is 9.76. The van der Waals surface area contributed by atoms with Gasteiger partial charge in [-0.3, -0.25) is 4.98 Å². The molecule has 3 nitrogen and oxygen atoms in total. The maximum Gasteiger partial charge on any atom is 0.0317 e. The first-order chi connectivity index (χ1) is 8.34. The molecule has 0 aliphatic heterocycles. The number of nitrogens with zero attached hydrogens (tertiary/aromatic N) is 1. The fourth-order valence-corrected chi connectivity index (χ4v) is 1.72. The Morgan fingerprint density at radius 2 is 1.88 bits per heavy atom. The lowest BCUT2D eigenvalue weighted by Gasteiger charge is -2.05. The average molecular weight is 227 g/mol. The van der Waals surface area contributed by atoms with Crippen LogP contribution in [0, 0.1) is 0 Å². The number of aromatic nitrogens is 1. The van der Waals surface area contributed by atoms with Crippen LogP contribution in [0.15, 0.2) is 48.8 Å². The lowest BCUT2D eigenvalue weighted by atomic mass is 10.2. The van der Waals surface area contributed by atoms with E-state index in [0.717, 1.165) is 25.2 Å². The van der Waals surface area contributed by atoms with Gasteiger partial charge in [0.15, 0.2) is 0 Å². The van der Waals surface area contributed by atoms with E-state index in [9.17, 15) is 0 Å². The molecule has 1 heterocycles. The van der Waals surface area contributed by atoms with E-state index in [-0.39, 0.29) is 0 Å². The summed E-state index contributed by atoms with van der Waals surface area (Å²) in [6.07, 6.45) is 4.67. The van der Waals surface area contributed by atoms with Crippen molar-refractivity contribution in [1.29, 1.82) is 0 Å². The van der Waals surface area contributed by atoms with E-state index in [1.807, 2.05) is 42.7 Å². The molecule has 0 fully saturated rings. The predicted molar refractivity (Wildman–Crippen MR) is 70.5 cm³/mol. The van der Waals surface area contributed by atoms with Gasteiger partial charge in [0.25, 0.3) is 0 Å². The SMILES string of the molecule is Nc1cccc(CNCCc2ccncc2)c1. The molecule has 17 heavy (non-hydrogen) atoms. The summed E-state index contributed by atoms with van der Waals surface area (Å²) in [5.41, 5.74) is 9.06. The number of nitrogen functional groups attached to an aromatic ring is 1. The van der Waals surface area contributed by atoms with Crippen molar-refractivity contribution >= 4 is 5.69 Å². The Balaban J connectivity index is 1.73. The fraction of sp³-hybridized carbons (Fsp3) is 0.214. The smallest absolute Gasteiger partial charge is 0.0317 e. The van der Waals surface area contributed by atoms with Crippen LogP contribution in [0.4, 0.5) is 5.69 Å². The van der Waals surface area contributed by atoms with Crippen LogP contribution in [-0.2, 0) is 13.0 Å². The zero-order valence-corrected chi connectivity index (χ0v) is 9.76.